The van der Waals surface area contributed by atoms with Gasteiger partial charge >= 0.3 is 5.97 Å². The van der Waals surface area contributed by atoms with E-state index in [1.54, 1.807) is 0 Å². The van der Waals surface area contributed by atoms with Crippen LogP contribution in [0.4, 0.5) is 0 Å². The van der Waals surface area contributed by atoms with Crippen LogP contribution in [0.1, 0.15) is 51.4 Å². The number of carboxylic acid groups (broad SMARTS) is 1. The summed E-state index contributed by atoms with van der Waals surface area (Å²) in [5.74, 6) is 0.0227. The Kier molecular flexibility index (Phi) is 7.12. The second kappa shape index (κ2) is 9.56. The van der Waals surface area contributed by atoms with Gasteiger partial charge in [0, 0.05) is 19.6 Å². The molecule has 3 unspecified atom stereocenters. The summed E-state index contributed by atoms with van der Waals surface area (Å²) in [6, 6.07) is -1.18. The molecular formula is C19H34N6O3. The first kappa shape index (κ1) is 20.9. The number of nitrogens with two attached hydrogens (primary N) is 1. The van der Waals surface area contributed by atoms with Crippen molar-refractivity contribution < 1.29 is 14.7 Å². The second-order valence-electron chi connectivity index (χ2n) is 8.33. The van der Waals surface area contributed by atoms with E-state index in [4.69, 9.17) is 11.1 Å². The fraction of sp³-hybridized carbons (Fsp3) is 0.842. The zero-order chi connectivity index (χ0) is 20.1. The lowest BCUT2D eigenvalue weighted by molar-refractivity contribution is -0.179. The highest BCUT2D eigenvalue weighted by molar-refractivity contribution is 5.86. The van der Waals surface area contributed by atoms with Crippen LogP contribution in [0.2, 0.25) is 0 Å². The molecule has 0 bridgehead atoms. The molecule has 0 spiro atoms. The molecule has 28 heavy (non-hydrogen) atoms. The summed E-state index contributed by atoms with van der Waals surface area (Å²) in [6.07, 6.45) is 7.56. The number of nitrogens with one attached hydrogen (secondary N) is 3. The van der Waals surface area contributed by atoms with E-state index in [1.807, 2.05) is 5.01 Å². The molecule has 3 fully saturated rings. The number of hydrazine groups is 1. The van der Waals surface area contributed by atoms with Gasteiger partial charge in [0.25, 0.3) is 5.91 Å². The molecule has 1 saturated carbocycles. The Morgan fingerprint density at radius 3 is 2.57 bits per heavy atom. The lowest BCUT2D eigenvalue weighted by Crippen LogP contribution is -2.64. The second-order valence-corrected chi connectivity index (χ2v) is 8.33. The van der Waals surface area contributed by atoms with E-state index in [2.05, 4.69) is 10.6 Å². The highest BCUT2D eigenvalue weighted by Crippen LogP contribution is 2.36. The molecule has 1 amide bonds. The third-order valence-electron chi connectivity index (χ3n) is 6.44. The van der Waals surface area contributed by atoms with Crippen molar-refractivity contribution in [3.8, 4) is 0 Å². The van der Waals surface area contributed by atoms with E-state index in [9.17, 15) is 14.7 Å². The first-order chi connectivity index (χ1) is 13.5. The summed E-state index contributed by atoms with van der Waals surface area (Å²) < 4.78 is 0. The molecule has 3 rings (SSSR count). The maximum atomic E-state index is 13.4. The van der Waals surface area contributed by atoms with E-state index in [1.165, 1.54) is 30.7 Å². The number of rotatable bonds is 8. The van der Waals surface area contributed by atoms with Gasteiger partial charge in [-0.25, -0.2) is 9.80 Å². The van der Waals surface area contributed by atoms with Crippen molar-refractivity contribution >= 4 is 17.8 Å². The van der Waals surface area contributed by atoms with Crippen molar-refractivity contribution in [2.75, 3.05) is 26.2 Å². The highest BCUT2D eigenvalue weighted by Gasteiger charge is 2.42. The van der Waals surface area contributed by atoms with Crippen LogP contribution in [0.3, 0.4) is 0 Å². The maximum Gasteiger partial charge on any atom is 0.328 e. The Hall–Kier alpha value is -1.87. The number of fused-ring (bicyclic) bond motifs is 1. The third-order valence-corrected chi connectivity index (χ3v) is 6.44. The number of carbonyl (C=O) groups is 2. The number of carboxylic acids is 1. The number of nitrogens with zero attached hydrogens (tertiary/aromatic N) is 2. The van der Waals surface area contributed by atoms with Gasteiger partial charge in [-0.3, -0.25) is 15.2 Å². The third kappa shape index (κ3) is 4.94. The summed E-state index contributed by atoms with van der Waals surface area (Å²) >= 11 is 0. The van der Waals surface area contributed by atoms with Crippen LogP contribution in [0.25, 0.3) is 0 Å². The summed E-state index contributed by atoms with van der Waals surface area (Å²) in [6.45, 7) is 2.72. The van der Waals surface area contributed by atoms with Gasteiger partial charge < -0.3 is 21.5 Å². The van der Waals surface area contributed by atoms with Gasteiger partial charge in [0.1, 0.15) is 6.04 Å². The zero-order valence-corrected chi connectivity index (χ0v) is 16.5. The monoisotopic (exact) mass is 394 g/mol. The molecule has 2 aliphatic heterocycles. The van der Waals surface area contributed by atoms with Gasteiger partial charge in [-0.2, -0.15) is 0 Å². The van der Waals surface area contributed by atoms with E-state index in [0.29, 0.717) is 31.2 Å². The van der Waals surface area contributed by atoms with Crippen LogP contribution in [-0.4, -0.2) is 71.2 Å². The van der Waals surface area contributed by atoms with Crippen molar-refractivity contribution in [1.29, 1.82) is 5.41 Å². The molecule has 158 valence electrons. The van der Waals surface area contributed by atoms with Gasteiger partial charge in [-0.15, -0.1) is 0 Å². The Balaban J connectivity index is 1.66. The number of amides is 1. The fourth-order valence-electron chi connectivity index (χ4n) is 4.76. The van der Waals surface area contributed by atoms with Gasteiger partial charge in [-0.1, -0.05) is 19.3 Å². The Morgan fingerprint density at radius 1 is 1.25 bits per heavy atom. The largest absolute Gasteiger partial charge is 0.480 e. The van der Waals surface area contributed by atoms with Crippen LogP contribution in [0.15, 0.2) is 0 Å². The van der Waals surface area contributed by atoms with Crippen molar-refractivity contribution in [2.45, 2.75) is 63.5 Å². The molecule has 0 aromatic rings. The Labute approximate surface area is 166 Å². The van der Waals surface area contributed by atoms with Gasteiger partial charge in [-0.05, 0) is 50.5 Å². The molecule has 6 N–H and O–H groups in total. The molecule has 9 nitrogen and oxygen atoms in total. The number of carbonyl (C=O) groups excluding carboxylic acids is 1. The van der Waals surface area contributed by atoms with Gasteiger partial charge in [0.2, 0.25) is 0 Å². The van der Waals surface area contributed by atoms with Gasteiger partial charge in [0.15, 0.2) is 5.96 Å². The summed E-state index contributed by atoms with van der Waals surface area (Å²) in [5.41, 5.74) is 5.28. The van der Waals surface area contributed by atoms with Crippen molar-refractivity contribution in [3.05, 3.63) is 0 Å². The predicted molar refractivity (Wildman–Crippen MR) is 105 cm³/mol. The van der Waals surface area contributed by atoms with Gasteiger partial charge in [0.05, 0.1) is 6.04 Å². The molecule has 0 aromatic carbocycles. The molecule has 0 aromatic heterocycles. The van der Waals surface area contributed by atoms with Crippen LogP contribution in [-0.2, 0) is 9.59 Å². The maximum absolute atomic E-state index is 13.4. The number of hydrogen-bond acceptors (Lipinski definition) is 5. The van der Waals surface area contributed by atoms with Crippen LogP contribution in [0.5, 0.6) is 0 Å². The van der Waals surface area contributed by atoms with Crippen molar-refractivity contribution in [3.63, 3.8) is 0 Å². The fourth-order valence-corrected chi connectivity index (χ4v) is 4.76. The summed E-state index contributed by atoms with van der Waals surface area (Å²) in [5, 5.41) is 26.5. The number of aliphatic carboxylic acids is 1. The first-order valence-corrected chi connectivity index (χ1v) is 10.6. The highest BCUT2D eigenvalue weighted by atomic mass is 16.4. The smallest absolute Gasteiger partial charge is 0.328 e. The minimum atomic E-state index is -0.977. The molecule has 2 heterocycles. The first-order valence-electron chi connectivity index (χ1n) is 10.6. The number of piperidine rings is 1. The number of guanidine groups is 1. The molecule has 1 aliphatic carbocycles. The van der Waals surface area contributed by atoms with Crippen LogP contribution in [0, 0.1) is 17.2 Å². The average molecular weight is 395 g/mol. The Bertz CT molecular complexity index is 582. The zero-order valence-electron chi connectivity index (χ0n) is 16.5. The molecular weight excluding hydrogens is 360 g/mol. The standard InChI is InChI=1S/C19H34N6O3/c20-19(21)22-8-3-7-16(18(27)28)25(24-9-4-10-24)17(26)15-11-13-5-1-2-6-14(13)12-23-15/h13-16,23H,1-12H2,(H,27,28)(H4,20,21,22)/t13?,14?,15?,16-/m0/s1. The molecule has 4 atom stereocenters. The number of hydrogen-bond donors (Lipinski definition) is 5. The Morgan fingerprint density at radius 2 is 1.96 bits per heavy atom. The predicted octanol–water partition coefficient (Wildman–Crippen LogP) is 0.320. The van der Waals surface area contributed by atoms with E-state index in [0.717, 1.165) is 32.5 Å². The summed E-state index contributed by atoms with van der Waals surface area (Å²) in [4.78, 5) is 25.4. The van der Waals surface area contributed by atoms with E-state index in [-0.39, 0.29) is 17.9 Å². The average Bonchev–Trinajstić information content (AvgIpc) is 2.63. The van der Waals surface area contributed by atoms with E-state index < -0.39 is 12.0 Å². The minimum absolute atomic E-state index is 0.101. The molecule has 2 saturated heterocycles. The van der Waals surface area contributed by atoms with Crippen molar-refractivity contribution in [1.82, 2.24) is 20.7 Å². The van der Waals surface area contributed by atoms with Crippen molar-refractivity contribution in [2.24, 2.45) is 17.6 Å². The minimum Gasteiger partial charge on any atom is -0.480 e. The molecule has 9 heteroatoms. The van der Waals surface area contributed by atoms with Crippen LogP contribution >= 0.6 is 0 Å². The lowest BCUT2D eigenvalue weighted by atomic mass is 9.73. The SMILES string of the molecule is N=C(N)NCCC[C@@H](C(=O)O)N(C(=O)C1CC2CCCCC2CN1)N1CCC1. The van der Waals surface area contributed by atoms with Crippen LogP contribution < -0.4 is 16.4 Å². The summed E-state index contributed by atoms with van der Waals surface area (Å²) in [7, 11) is 0. The quantitative estimate of drug-likeness (QED) is 0.227. The van der Waals surface area contributed by atoms with E-state index >= 15 is 0 Å². The normalized spacial score (nSPS) is 28.5. The molecule has 0 radical (unpaired) electrons. The lowest BCUT2D eigenvalue weighted by Gasteiger charge is -2.47. The molecule has 3 aliphatic rings. The topological polar surface area (TPSA) is 135 Å².